The van der Waals surface area contributed by atoms with Crippen molar-refractivity contribution in [1.82, 2.24) is 10.4 Å². The number of carbonyl (C=O) groups is 2. The van der Waals surface area contributed by atoms with E-state index in [0.717, 1.165) is 16.8 Å². The summed E-state index contributed by atoms with van der Waals surface area (Å²) < 4.78 is 6.02. The number of nitrogens with zero attached hydrogens (tertiary/aromatic N) is 2. The standard InChI is InChI=1S/C20H11N3O3S3/c21-11-12-4-1-2-5-14(12)15-8-7-13(26-15)10-17-19(25)23(20(27)29-17)22-18(24)16-6-3-9-28-16/h1-10H,(H,22,24)/b17-10+. The number of nitriles is 1. The highest BCUT2D eigenvalue weighted by Crippen LogP contribution is 2.33. The Morgan fingerprint density at radius 2 is 2.03 bits per heavy atom. The summed E-state index contributed by atoms with van der Waals surface area (Å²) in [6.07, 6.45) is 1.56. The molecule has 0 atom stereocenters. The van der Waals surface area contributed by atoms with Crippen LogP contribution in [-0.4, -0.2) is 21.1 Å². The Morgan fingerprint density at radius 3 is 2.79 bits per heavy atom. The van der Waals surface area contributed by atoms with Gasteiger partial charge in [0.1, 0.15) is 11.5 Å². The minimum Gasteiger partial charge on any atom is -0.457 e. The average molecular weight is 438 g/mol. The maximum absolute atomic E-state index is 12.7. The van der Waals surface area contributed by atoms with Crippen molar-refractivity contribution in [3.05, 3.63) is 75.0 Å². The van der Waals surface area contributed by atoms with E-state index in [9.17, 15) is 14.9 Å². The lowest BCUT2D eigenvalue weighted by Gasteiger charge is -2.14. The molecule has 1 fully saturated rings. The molecule has 0 saturated carbocycles. The Bertz CT molecular complexity index is 1190. The van der Waals surface area contributed by atoms with Crippen molar-refractivity contribution < 1.29 is 14.0 Å². The third-order valence-corrected chi connectivity index (χ3v) is 6.14. The molecule has 29 heavy (non-hydrogen) atoms. The monoisotopic (exact) mass is 437 g/mol. The van der Waals surface area contributed by atoms with Crippen molar-refractivity contribution in [1.29, 1.82) is 5.26 Å². The number of furan rings is 1. The summed E-state index contributed by atoms with van der Waals surface area (Å²) in [6, 6.07) is 16.1. The Labute approximate surface area is 179 Å². The first-order valence-electron chi connectivity index (χ1n) is 8.28. The molecule has 9 heteroatoms. The van der Waals surface area contributed by atoms with Gasteiger partial charge in [0.15, 0.2) is 4.32 Å². The van der Waals surface area contributed by atoms with Gasteiger partial charge in [0.2, 0.25) is 0 Å². The number of hydrogen-bond acceptors (Lipinski definition) is 7. The average Bonchev–Trinajstić information content (AvgIpc) is 3.47. The molecule has 1 aliphatic rings. The van der Waals surface area contributed by atoms with Crippen molar-refractivity contribution in [2.45, 2.75) is 0 Å². The molecule has 6 nitrogen and oxygen atoms in total. The van der Waals surface area contributed by atoms with Crippen molar-refractivity contribution >= 4 is 57.5 Å². The van der Waals surface area contributed by atoms with Gasteiger partial charge in [0.05, 0.1) is 21.4 Å². The number of thiophene rings is 1. The van der Waals surface area contributed by atoms with Crippen LogP contribution in [0, 0.1) is 11.3 Å². The van der Waals surface area contributed by atoms with Crippen LogP contribution in [0.2, 0.25) is 0 Å². The third kappa shape index (κ3) is 3.86. The van der Waals surface area contributed by atoms with Crippen LogP contribution in [0.4, 0.5) is 0 Å². The Hall–Kier alpha value is -3.19. The van der Waals surface area contributed by atoms with E-state index in [1.54, 1.807) is 53.9 Å². The molecule has 4 rings (SSSR count). The van der Waals surface area contributed by atoms with Gasteiger partial charge < -0.3 is 4.42 Å². The number of thiocarbonyl (C=S) groups is 1. The summed E-state index contributed by atoms with van der Waals surface area (Å²) in [5.74, 6) is 0.138. The number of benzene rings is 1. The molecule has 3 heterocycles. The first-order valence-corrected chi connectivity index (χ1v) is 10.4. The lowest BCUT2D eigenvalue weighted by atomic mass is 10.1. The summed E-state index contributed by atoms with van der Waals surface area (Å²) in [4.78, 5) is 25.7. The van der Waals surface area contributed by atoms with Crippen LogP contribution in [0.1, 0.15) is 21.0 Å². The maximum atomic E-state index is 12.7. The summed E-state index contributed by atoms with van der Waals surface area (Å²) in [5.41, 5.74) is 3.70. The summed E-state index contributed by atoms with van der Waals surface area (Å²) in [7, 11) is 0. The van der Waals surface area contributed by atoms with Crippen LogP contribution in [0.3, 0.4) is 0 Å². The van der Waals surface area contributed by atoms with Gasteiger partial charge in [-0.1, -0.05) is 30.0 Å². The number of hydrazine groups is 1. The van der Waals surface area contributed by atoms with Crippen LogP contribution in [0.5, 0.6) is 0 Å². The molecule has 0 aliphatic carbocycles. The lowest BCUT2D eigenvalue weighted by Crippen LogP contribution is -2.44. The van der Waals surface area contributed by atoms with Gasteiger partial charge in [-0.05, 0) is 47.9 Å². The predicted octanol–water partition coefficient (Wildman–Crippen LogP) is 4.43. The smallest absolute Gasteiger partial charge is 0.285 e. The summed E-state index contributed by atoms with van der Waals surface area (Å²) in [6.45, 7) is 0. The van der Waals surface area contributed by atoms with Crippen LogP contribution < -0.4 is 5.43 Å². The van der Waals surface area contributed by atoms with Crippen molar-refractivity contribution in [3.63, 3.8) is 0 Å². The zero-order valence-electron chi connectivity index (χ0n) is 14.6. The second-order valence-corrected chi connectivity index (χ2v) is 8.42. The Kier molecular flexibility index (Phi) is 5.31. The minimum atomic E-state index is -0.430. The van der Waals surface area contributed by atoms with Crippen LogP contribution in [0.15, 0.2) is 63.2 Å². The fraction of sp³-hybridized carbons (Fsp3) is 0. The van der Waals surface area contributed by atoms with Gasteiger partial charge in [-0.15, -0.1) is 11.3 Å². The molecular formula is C20H11N3O3S3. The van der Waals surface area contributed by atoms with Gasteiger partial charge in [-0.25, -0.2) is 0 Å². The van der Waals surface area contributed by atoms with E-state index < -0.39 is 11.8 Å². The minimum absolute atomic E-state index is 0.229. The highest BCUT2D eigenvalue weighted by atomic mass is 32.2. The first kappa shape index (κ1) is 19.1. The predicted molar refractivity (Wildman–Crippen MR) is 116 cm³/mol. The van der Waals surface area contributed by atoms with Crippen molar-refractivity contribution in [2.75, 3.05) is 0 Å². The molecule has 0 unspecified atom stereocenters. The van der Waals surface area contributed by atoms with E-state index in [2.05, 4.69) is 11.5 Å². The van der Waals surface area contributed by atoms with Crippen LogP contribution >= 0.6 is 35.3 Å². The molecule has 3 aromatic rings. The highest BCUT2D eigenvalue weighted by Gasteiger charge is 2.34. The van der Waals surface area contributed by atoms with Crippen LogP contribution in [-0.2, 0) is 4.79 Å². The van der Waals surface area contributed by atoms with E-state index in [1.807, 2.05) is 6.07 Å². The number of thioether (sulfide) groups is 1. The second kappa shape index (κ2) is 8.05. The fourth-order valence-electron chi connectivity index (χ4n) is 2.63. The van der Waals surface area contributed by atoms with Crippen molar-refractivity contribution in [2.24, 2.45) is 0 Å². The number of amides is 2. The number of hydrogen-bond donors (Lipinski definition) is 1. The molecule has 1 aliphatic heterocycles. The van der Waals surface area contributed by atoms with Gasteiger partial charge in [-0.2, -0.15) is 10.3 Å². The molecule has 0 bridgehead atoms. The molecule has 0 spiro atoms. The fourth-order valence-corrected chi connectivity index (χ4v) is 4.40. The SMILES string of the molecule is N#Cc1ccccc1-c1ccc(/C=C2/SC(=S)N(NC(=O)c3cccs3)C2=O)o1. The van der Waals surface area contributed by atoms with Gasteiger partial charge in [-0.3, -0.25) is 15.0 Å². The van der Waals surface area contributed by atoms with E-state index >= 15 is 0 Å². The number of nitrogens with one attached hydrogen (secondary N) is 1. The van der Waals surface area contributed by atoms with Crippen LogP contribution in [0.25, 0.3) is 17.4 Å². The van der Waals surface area contributed by atoms with Gasteiger partial charge >= 0.3 is 0 Å². The summed E-state index contributed by atoms with van der Waals surface area (Å²) >= 11 is 7.57. The highest BCUT2D eigenvalue weighted by molar-refractivity contribution is 8.26. The van der Waals surface area contributed by atoms with E-state index in [4.69, 9.17) is 16.6 Å². The Balaban J connectivity index is 1.54. The van der Waals surface area contributed by atoms with E-state index in [0.29, 0.717) is 32.4 Å². The molecule has 1 saturated heterocycles. The zero-order chi connectivity index (χ0) is 20.4. The normalized spacial score (nSPS) is 15.0. The number of rotatable bonds is 4. The first-order chi connectivity index (χ1) is 14.1. The molecule has 0 radical (unpaired) electrons. The topological polar surface area (TPSA) is 86.3 Å². The Morgan fingerprint density at radius 1 is 1.21 bits per heavy atom. The third-order valence-electron chi connectivity index (χ3n) is 3.97. The molecule has 1 N–H and O–H groups in total. The molecule has 2 amide bonds. The van der Waals surface area contributed by atoms with Gasteiger partial charge in [0.25, 0.3) is 11.8 Å². The lowest BCUT2D eigenvalue weighted by molar-refractivity contribution is -0.123. The molecule has 2 aromatic heterocycles. The second-order valence-electron chi connectivity index (χ2n) is 5.79. The summed E-state index contributed by atoms with van der Waals surface area (Å²) in [5, 5.41) is 12.1. The molecular weight excluding hydrogens is 426 g/mol. The zero-order valence-corrected chi connectivity index (χ0v) is 17.1. The molecule has 142 valence electrons. The quantitative estimate of drug-likeness (QED) is 0.480. The van der Waals surface area contributed by atoms with E-state index in [-0.39, 0.29) is 4.32 Å². The van der Waals surface area contributed by atoms with E-state index in [1.165, 1.54) is 11.3 Å². The van der Waals surface area contributed by atoms with Gasteiger partial charge in [0, 0.05) is 11.6 Å². The molecule has 1 aromatic carbocycles. The number of carbonyl (C=O) groups excluding carboxylic acids is 2. The van der Waals surface area contributed by atoms with Crippen molar-refractivity contribution in [3.8, 4) is 17.4 Å². The maximum Gasteiger partial charge on any atom is 0.285 e. The largest absolute Gasteiger partial charge is 0.457 e.